The SMILES string of the molecule is CCCNc1cccc(CCCO)c1. The molecular formula is C12H19NO. The highest BCUT2D eigenvalue weighted by Crippen LogP contribution is 2.11. The van der Waals surface area contributed by atoms with E-state index in [4.69, 9.17) is 5.11 Å². The van der Waals surface area contributed by atoms with Gasteiger partial charge in [0.05, 0.1) is 0 Å². The van der Waals surface area contributed by atoms with E-state index in [1.54, 1.807) is 0 Å². The number of hydrogen-bond acceptors (Lipinski definition) is 2. The van der Waals surface area contributed by atoms with Crippen molar-refractivity contribution in [1.82, 2.24) is 0 Å². The topological polar surface area (TPSA) is 32.3 Å². The van der Waals surface area contributed by atoms with Crippen molar-refractivity contribution in [3.63, 3.8) is 0 Å². The smallest absolute Gasteiger partial charge is 0.0434 e. The molecule has 0 aliphatic rings. The van der Waals surface area contributed by atoms with Crippen LogP contribution in [0.1, 0.15) is 25.3 Å². The number of aliphatic hydroxyl groups is 1. The van der Waals surface area contributed by atoms with Gasteiger partial charge >= 0.3 is 0 Å². The van der Waals surface area contributed by atoms with Gasteiger partial charge in [0.25, 0.3) is 0 Å². The number of anilines is 1. The van der Waals surface area contributed by atoms with E-state index >= 15 is 0 Å². The van der Waals surface area contributed by atoms with E-state index in [0.717, 1.165) is 25.8 Å². The van der Waals surface area contributed by atoms with Crippen LogP contribution >= 0.6 is 0 Å². The molecule has 2 nitrogen and oxygen atoms in total. The second-order valence-electron chi connectivity index (χ2n) is 3.45. The van der Waals surface area contributed by atoms with Crippen molar-refractivity contribution in [3.05, 3.63) is 29.8 Å². The zero-order chi connectivity index (χ0) is 10.2. The Kier molecular flexibility index (Phi) is 5.08. The summed E-state index contributed by atoms with van der Waals surface area (Å²) in [6.45, 7) is 3.44. The Morgan fingerprint density at radius 2 is 2.21 bits per heavy atom. The lowest BCUT2D eigenvalue weighted by molar-refractivity contribution is 0.288. The molecule has 2 N–H and O–H groups in total. The van der Waals surface area contributed by atoms with Gasteiger partial charge in [-0.2, -0.15) is 0 Å². The molecule has 1 rings (SSSR count). The molecule has 0 saturated carbocycles. The summed E-state index contributed by atoms with van der Waals surface area (Å²) in [7, 11) is 0. The van der Waals surface area contributed by atoms with Crippen molar-refractivity contribution in [3.8, 4) is 0 Å². The molecule has 0 aliphatic carbocycles. The molecule has 0 saturated heterocycles. The lowest BCUT2D eigenvalue weighted by Crippen LogP contribution is -2.00. The zero-order valence-corrected chi connectivity index (χ0v) is 8.79. The molecule has 0 atom stereocenters. The van der Waals surface area contributed by atoms with Crippen molar-refractivity contribution >= 4 is 5.69 Å². The predicted octanol–water partition coefficient (Wildman–Crippen LogP) is 2.43. The molecule has 0 radical (unpaired) electrons. The fourth-order valence-electron chi connectivity index (χ4n) is 1.39. The average molecular weight is 193 g/mol. The number of rotatable bonds is 6. The summed E-state index contributed by atoms with van der Waals surface area (Å²) in [5.41, 5.74) is 2.47. The van der Waals surface area contributed by atoms with Gasteiger partial charge in [0, 0.05) is 18.8 Å². The fraction of sp³-hybridized carbons (Fsp3) is 0.500. The molecule has 0 fully saturated rings. The van der Waals surface area contributed by atoms with Gasteiger partial charge in [0.1, 0.15) is 0 Å². The van der Waals surface area contributed by atoms with Gasteiger partial charge in [-0.15, -0.1) is 0 Å². The molecule has 0 bridgehead atoms. The van der Waals surface area contributed by atoms with Crippen LogP contribution in [-0.2, 0) is 6.42 Å². The second-order valence-corrected chi connectivity index (χ2v) is 3.45. The summed E-state index contributed by atoms with van der Waals surface area (Å²) in [6.07, 6.45) is 2.94. The minimum absolute atomic E-state index is 0.270. The molecule has 2 heteroatoms. The summed E-state index contributed by atoms with van der Waals surface area (Å²) in [6, 6.07) is 8.40. The van der Waals surface area contributed by atoms with Crippen LogP contribution in [0.15, 0.2) is 24.3 Å². The van der Waals surface area contributed by atoms with Gasteiger partial charge in [-0.05, 0) is 37.0 Å². The molecule has 78 valence electrons. The summed E-state index contributed by atoms with van der Waals surface area (Å²) >= 11 is 0. The Morgan fingerprint density at radius 1 is 1.36 bits per heavy atom. The molecule has 0 unspecified atom stereocenters. The van der Waals surface area contributed by atoms with Crippen LogP contribution in [0.3, 0.4) is 0 Å². The maximum atomic E-state index is 8.72. The van der Waals surface area contributed by atoms with Crippen LogP contribution in [0.5, 0.6) is 0 Å². The van der Waals surface area contributed by atoms with E-state index in [0.29, 0.717) is 0 Å². The van der Waals surface area contributed by atoms with Gasteiger partial charge < -0.3 is 10.4 Å². The molecule has 1 aromatic rings. The average Bonchev–Trinajstić information content (AvgIpc) is 2.24. The Labute approximate surface area is 86.0 Å². The van der Waals surface area contributed by atoms with E-state index in [1.165, 1.54) is 11.3 Å². The summed E-state index contributed by atoms with van der Waals surface area (Å²) < 4.78 is 0. The molecule has 1 aromatic carbocycles. The molecule has 0 aromatic heterocycles. The first-order valence-electron chi connectivity index (χ1n) is 5.30. The van der Waals surface area contributed by atoms with Crippen LogP contribution in [0.4, 0.5) is 5.69 Å². The molecule has 14 heavy (non-hydrogen) atoms. The molecule has 0 spiro atoms. The van der Waals surface area contributed by atoms with E-state index in [2.05, 4.69) is 36.5 Å². The summed E-state index contributed by atoms with van der Waals surface area (Å²) in [5.74, 6) is 0. The minimum Gasteiger partial charge on any atom is -0.396 e. The van der Waals surface area contributed by atoms with Crippen LogP contribution in [0, 0.1) is 0 Å². The quantitative estimate of drug-likeness (QED) is 0.727. The largest absolute Gasteiger partial charge is 0.396 e. The van der Waals surface area contributed by atoms with E-state index < -0.39 is 0 Å². The summed E-state index contributed by atoms with van der Waals surface area (Å²) in [4.78, 5) is 0. The molecular weight excluding hydrogens is 174 g/mol. The lowest BCUT2D eigenvalue weighted by Gasteiger charge is -2.06. The normalized spacial score (nSPS) is 10.1. The predicted molar refractivity (Wildman–Crippen MR) is 60.6 cm³/mol. The summed E-state index contributed by atoms with van der Waals surface area (Å²) in [5, 5.41) is 12.1. The van der Waals surface area contributed by atoms with Gasteiger partial charge in [-0.25, -0.2) is 0 Å². The van der Waals surface area contributed by atoms with Gasteiger partial charge in [-0.1, -0.05) is 19.1 Å². The number of benzene rings is 1. The number of aliphatic hydroxyl groups excluding tert-OH is 1. The van der Waals surface area contributed by atoms with Crippen LogP contribution < -0.4 is 5.32 Å². The molecule has 0 heterocycles. The van der Waals surface area contributed by atoms with Gasteiger partial charge in [-0.3, -0.25) is 0 Å². The van der Waals surface area contributed by atoms with Gasteiger partial charge in [0.15, 0.2) is 0 Å². The van der Waals surface area contributed by atoms with Crippen molar-refractivity contribution < 1.29 is 5.11 Å². The first kappa shape index (κ1) is 11.1. The van der Waals surface area contributed by atoms with E-state index in [-0.39, 0.29) is 6.61 Å². The van der Waals surface area contributed by atoms with E-state index in [9.17, 15) is 0 Å². The maximum Gasteiger partial charge on any atom is 0.0434 e. The lowest BCUT2D eigenvalue weighted by atomic mass is 10.1. The fourth-order valence-corrected chi connectivity index (χ4v) is 1.39. The third-order valence-corrected chi connectivity index (χ3v) is 2.13. The molecule has 0 amide bonds. The third-order valence-electron chi connectivity index (χ3n) is 2.13. The van der Waals surface area contributed by atoms with Crippen molar-refractivity contribution in [2.45, 2.75) is 26.2 Å². The van der Waals surface area contributed by atoms with Crippen LogP contribution in [0.25, 0.3) is 0 Å². The molecule has 0 aliphatic heterocycles. The Morgan fingerprint density at radius 3 is 2.93 bits per heavy atom. The second kappa shape index (κ2) is 6.44. The highest BCUT2D eigenvalue weighted by atomic mass is 16.2. The third kappa shape index (κ3) is 3.79. The Hall–Kier alpha value is -1.02. The first-order chi connectivity index (χ1) is 6.86. The Balaban J connectivity index is 2.50. The highest BCUT2D eigenvalue weighted by molar-refractivity contribution is 5.45. The standard InChI is InChI=1S/C12H19NO/c1-2-8-13-12-7-3-5-11(10-12)6-4-9-14/h3,5,7,10,13-14H,2,4,6,8-9H2,1H3. The monoisotopic (exact) mass is 193 g/mol. The van der Waals surface area contributed by atoms with Crippen molar-refractivity contribution in [2.24, 2.45) is 0 Å². The first-order valence-corrected chi connectivity index (χ1v) is 5.30. The minimum atomic E-state index is 0.270. The van der Waals surface area contributed by atoms with Crippen LogP contribution in [-0.4, -0.2) is 18.3 Å². The van der Waals surface area contributed by atoms with Crippen molar-refractivity contribution in [2.75, 3.05) is 18.5 Å². The van der Waals surface area contributed by atoms with Crippen LogP contribution in [0.2, 0.25) is 0 Å². The Bertz CT molecular complexity index is 237. The number of hydrogen-bond donors (Lipinski definition) is 2. The number of nitrogens with one attached hydrogen (secondary N) is 1. The van der Waals surface area contributed by atoms with Crippen molar-refractivity contribution in [1.29, 1.82) is 0 Å². The zero-order valence-electron chi connectivity index (χ0n) is 8.79. The van der Waals surface area contributed by atoms with E-state index in [1.807, 2.05) is 0 Å². The maximum absolute atomic E-state index is 8.72. The number of aryl methyl sites for hydroxylation is 1. The highest BCUT2D eigenvalue weighted by Gasteiger charge is 1.94. The van der Waals surface area contributed by atoms with Gasteiger partial charge in [0.2, 0.25) is 0 Å².